The van der Waals surface area contributed by atoms with Gasteiger partial charge in [0.25, 0.3) is 0 Å². The molecule has 2 saturated carbocycles. The first kappa shape index (κ1) is 22.3. The highest BCUT2D eigenvalue weighted by atomic mass is 14.7. The Morgan fingerprint density at radius 2 is 1.19 bits per heavy atom. The van der Waals surface area contributed by atoms with Gasteiger partial charge in [0, 0.05) is 28.0 Å². The van der Waals surface area contributed by atoms with Gasteiger partial charge in [0.05, 0.1) is 5.69 Å². The Hall–Kier alpha value is -2.93. The van der Waals surface area contributed by atoms with Gasteiger partial charge in [-0.1, -0.05) is 87.9 Å². The van der Waals surface area contributed by atoms with Crippen LogP contribution in [0.25, 0.3) is 33.2 Å². The van der Waals surface area contributed by atoms with E-state index in [9.17, 15) is 0 Å². The molecule has 182 valence electrons. The first-order valence-electron chi connectivity index (χ1n) is 13.7. The highest BCUT2D eigenvalue weighted by Crippen LogP contribution is 2.76. The second-order valence-corrected chi connectivity index (χ2v) is 13.8. The lowest BCUT2D eigenvalue weighted by molar-refractivity contribution is 0.264. The first-order chi connectivity index (χ1) is 17.0. The molecule has 3 aliphatic carbocycles. The molecule has 0 unspecified atom stereocenters. The zero-order chi connectivity index (χ0) is 25.1. The lowest BCUT2D eigenvalue weighted by Crippen LogP contribution is -2.43. The Morgan fingerprint density at radius 1 is 0.639 bits per heavy atom. The van der Waals surface area contributed by atoms with Crippen molar-refractivity contribution in [1.82, 2.24) is 4.98 Å². The molecule has 1 nitrogen and oxygen atoms in total. The summed E-state index contributed by atoms with van der Waals surface area (Å²) in [6.07, 6.45) is 7.12. The lowest BCUT2D eigenvalue weighted by atomic mass is 9.55. The summed E-state index contributed by atoms with van der Waals surface area (Å²) < 4.78 is 0. The molecule has 0 atom stereocenters. The highest BCUT2D eigenvalue weighted by Gasteiger charge is 2.70. The lowest BCUT2D eigenvalue weighted by Gasteiger charge is -2.48. The molecular weight excluding hydrogens is 434 g/mol. The number of pyridine rings is 1. The smallest absolute Gasteiger partial charge is 0.0780 e. The third kappa shape index (κ3) is 2.81. The minimum atomic E-state index is 0.173. The standard InChI is InChI=1S/C35H37N/c1-22-11-13-26-27-14-12-24(31-28-10-8-7-9-25(28)23(2)17-36-31)16-30(27)35-20-32(3,4)18-34(35,29(26)15-22)19-33(5,6)21-35/h7-17H,18-21H2,1-6H3. The molecule has 4 aromatic rings. The molecule has 1 heteroatoms. The fraction of sp³-hybridized carbons (Fsp3) is 0.400. The predicted molar refractivity (Wildman–Crippen MR) is 151 cm³/mol. The maximum Gasteiger partial charge on any atom is 0.0780 e. The van der Waals surface area contributed by atoms with Gasteiger partial charge >= 0.3 is 0 Å². The maximum atomic E-state index is 5.01. The fourth-order valence-electron chi connectivity index (χ4n) is 9.27. The molecule has 36 heavy (non-hydrogen) atoms. The van der Waals surface area contributed by atoms with Crippen molar-refractivity contribution >= 4 is 10.8 Å². The Morgan fingerprint density at radius 3 is 1.83 bits per heavy atom. The van der Waals surface area contributed by atoms with E-state index in [1.165, 1.54) is 64.3 Å². The van der Waals surface area contributed by atoms with Gasteiger partial charge in [-0.15, -0.1) is 0 Å². The van der Waals surface area contributed by atoms with Crippen LogP contribution in [0.15, 0.2) is 66.9 Å². The molecule has 0 saturated heterocycles. The normalized spacial score (nSPS) is 26.8. The minimum Gasteiger partial charge on any atom is -0.255 e. The van der Waals surface area contributed by atoms with E-state index in [0.717, 1.165) is 5.69 Å². The Bertz CT molecular complexity index is 1550. The number of hydrogen-bond donors (Lipinski definition) is 0. The predicted octanol–water partition coefficient (Wildman–Crippen LogP) is 9.31. The third-order valence-corrected chi connectivity index (χ3v) is 9.82. The number of rotatable bonds is 1. The van der Waals surface area contributed by atoms with Crippen LogP contribution in [0, 0.1) is 24.7 Å². The number of aryl methyl sites for hydroxylation is 2. The molecular formula is C35H37N. The Labute approximate surface area is 216 Å². The van der Waals surface area contributed by atoms with Crippen LogP contribution in [0.1, 0.15) is 75.6 Å². The molecule has 1 heterocycles. The van der Waals surface area contributed by atoms with E-state index in [1.54, 1.807) is 11.1 Å². The molecule has 3 aliphatic rings. The molecule has 0 radical (unpaired) electrons. The average molecular weight is 472 g/mol. The second kappa shape index (κ2) is 6.88. The summed E-state index contributed by atoms with van der Waals surface area (Å²) in [6, 6.07) is 23.3. The van der Waals surface area contributed by atoms with Crippen molar-refractivity contribution in [2.45, 2.75) is 78.1 Å². The van der Waals surface area contributed by atoms with Gasteiger partial charge < -0.3 is 0 Å². The van der Waals surface area contributed by atoms with E-state index in [4.69, 9.17) is 4.98 Å². The van der Waals surface area contributed by atoms with Crippen molar-refractivity contribution in [3.8, 4) is 22.4 Å². The van der Waals surface area contributed by atoms with Gasteiger partial charge in [-0.05, 0) is 89.6 Å². The van der Waals surface area contributed by atoms with E-state index in [-0.39, 0.29) is 10.8 Å². The number of aromatic nitrogens is 1. The average Bonchev–Trinajstić information content (AvgIpc) is 3.19. The van der Waals surface area contributed by atoms with Gasteiger partial charge in [-0.25, -0.2) is 0 Å². The minimum absolute atomic E-state index is 0.173. The topological polar surface area (TPSA) is 12.9 Å². The third-order valence-electron chi connectivity index (χ3n) is 9.82. The maximum absolute atomic E-state index is 5.01. The van der Waals surface area contributed by atoms with Gasteiger partial charge in [-0.2, -0.15) is 0 Å². The molecule has 0 aliphatic heterocycles. The van der Waals surface area contributed by atoms with Crippen molar-refractivity contribution in [1.29, 1.82) is 0 Å². The van der Waals surface area contributed by atoms with E-state index >= 15 is 0 Å². The van der Waals surface area contributed by atoms with Crippen LogP contribution in [0.3, 0.4) is 0 Å². The molecule has 1 aromatic heterocycles. The molecule has 0 amide bonds. The number of fused-ring (bicyclic) bond motifs is 4. The van der Waals surface area contributed by atoms with E-state index in [0.29, 0.717) is 10.8 Å². The summed E-state index contributed by atoms with van der Waals surface area (Å²) in [5, 5.41) is 2.56. The van der Waals surface area contributed by atoms with Crippen LogP contribution in [-0.4, -0.2) is 4.98 Å². The van der Waals surface area contributed by atoms with Crippen LogP contribution in [0.2, 0.25) is 0 Å². The van der Waals surface area contributed by atoms with E-state index in [1.807, 2.05) is 0 Å². The molecule has 0 spiro atoms. The van der Waals surface area contributed by atoms with Gasteiger partial charge in [-0.3, -0.25) is 4.98 Å². The second-order valence-electron chi connectivity index (χ2n) is 13.8. The molecule has 0 N–H and O–H groups in total. The van der Waals surface area contributed by atoms with Crippen molar-refractivity contribution in [3.63, 3.8) is 0 Å². The SMILES string of the molecule is Cc1ccc2c(c1)C13CC(C)(C)CC1(CC(C)(C)C3)c1cc(-c3ncc(C)c4ccccc34)ccc1-2. The monoisotopic (exact) mass is 471 g/mol. The number of benzene rings is 3. The quantitative estimate of drug-likeness (QED) is 0.269. The molecule has 0 bridgehead atoms. The number of hydrogen-bond acceptors (Lipinski definition) is 1. The van der Waals surface area contributed by atoms with E-state index in [2.05, 4.69) is 108 Å². The largest absolute Gasteiger partial charge is 0.255 e. The summed E-state index contributed by atoms with van der Waals surface area (Å²) >= 11 is 0. The van der Waals surface area contributed by atoms with Crippen LogP contribution >= 0.6 is 0 Å². The Balaban J connectivity index is 1.56. The fourth-order valence-corrected chi connectivity index (χ4v) is 9.27. The van der Waals surface area contributed by atoms with Crippen LogP contribution in [0.4, 0.5) is 0 Å². The first-order valence-corrected chi connectivity index (χ1v) is 13.7. The highest BCUT2D eigenvalue weighted by molar-refractivity contribution is 5.97. The van der Waals surface area contributed by atoms with Crippen molar-refractivity contribution in [3.05, 3.63) is 89.1 Å². The summed E-state index contributed by atoms with van der Waals surface area (Å²) in [7, 11) is 0. The van der Waals surface area contributed by atoms with Crippen molar-refractivity contribution in [2.75, 3.05) is 0 Å². The molecule has 7 rings (SSSR count). The van der Waals surface area contributed by atoms with E-state index < -0.39 is 0 Å². The van der Waals surface area contributed by atoms with Crippen LogP contribution < -0.4 is 0 Å². The zero-order valence-electron chi connectivity index (χ0n) is 22.6. The van der Waals surface area contributed by atoms with Crippen molar-refractivity contribution in [2.24, 2.45) is 10.8 Å². The van der Waals surface area contributed by atoms with Gasteiger partial charge in [0.2, 0.25) is 0 Å². The zero-order valence-corrected chi connectivity index (χ0v) is 22.6. The van der Waals surface area contributed by atoms with Gasteiger partial charge in [0.1, 0.15) is 0 Å². The Kier molecular flexibility index (Phi) is 4.26. The summed E-state index contributed by atoms with van der Waals surface area (Å²) in [6.45, 7) is 14.5. The van der Waals surface area contributed by atoms with Gasteiger partial charge in [0.15, 0.2) is 0 Å². The van der Waals surface area contributed by atoms with Crippen LogP contribution in [0.5, 0.6) is 0 Å². The molecule has 3 aromatic carbocycles. The summed E-state index contributed by atoms with van der Waals surface area (Å²) in [5.74, 6) is 0. The summed E-state index contributed by atoms with van der Waals surface area (Å²) in [4.78, 5) is 5.01. The number of nitrogens with zero attached hydrogens (tertiary/aromatic N) is 1. The summed E-state index contributed by atoms with van der Waals surface area (Å²) in [5.41, 5.74) is 12.2. The van der Waals surface area contributed by atoms with Crippen molar-refractivity contribution < 1.29 is 0 Å². The van der Waals surface area contributed by atoms with Crippen LogP contribution in [-0.2, 0) is 10.8 Å². The molecule has 2 fully saturated rings.